The molecule has 0 aliphatic carbocycles. The first-order valence-corrected chi connectivity index (χ1v) is 4.39. The zero-order valence-electron chi connectivity index (χ0n) is 7.65. The van der Waals surface area contributed by atoms with Gasteiger partial charge in [0.1, 0.15) is 0 Å². The molecule has 0 aromatic carbocycles. The Morgan fingerprint density at radius 1 is 1.38 bits per heavy atom. The van der Waals surface area contributed by atoms with E-state index in [-0.39, 0.29) is 12.1 Å². The van der Waals surface area contributed by atoms with Crippen LogP contribution < -0.4 is 5.73 Å². The normalized spacial score (nSPS) is 12.2. The van der Waals surface area contributed by atoms with Crippen LogP contribution in [-0.4, -0.2) is 4.98 Å². The molecule has 90 valence electrons. The van der Waals surface area contributed by atoms with Crippen molar-refractivity contribution < 1.29 is 22.0 Å². The van der Waals surface area contributed by atoms with Crippen LogP contribution in [0.3, 0.4) is 0 Å². The van der Waals surface area contributed by atoms with Gasteiger partial charge in [0.05, 0.1) is 10.6 Å². The number of rotatable bonds is 2. The maximum Gasteiger partial charge on any atom is 0.433 e. The quantitative estimate of drug-likeness (QED) is 0.830. The molecule has 8 heteroatoms. The summed E-state index contributed by atoms with van der Waals surface area (Å²) in [4.78, 5) is 2.93. The summed E-state index contributed by atoms with van der Waals surface area (Å²) in [5.74, 6) is 0. The van der Waals surface area contributed by atoms with Crippen molar-refractivity contribution in [1.29, 1.82) is 0 Å². The van der Waals surface area contributed by atoms with E-state index in [2.05, 4.69) is 4.98 Å². The van der Waals surface area contributed by atoms with Crippen molar-refractivity contribution >= 4 is 11.6 Å². The number of hydrogen-bond donors (Lipinski definition) is 1. The molecule has 1 heterocycles. The predicted octanol–water partition coefficient (Wildman–Crippen LogP) is 3.15. The maximum atomic E-state index is 12.5. The highest BCUT2D eigenvalue weighted by Gasteiger charge is 2.39. The van der Waals surface area contributed by atoms with Crippen LogP contribution in [0.2, 0.25) is 5.02 Å². The molecular formula is C8H6ClF5N2. The largest absolute Gasteiger partial charge is 0.433 e. The van der Waals surface area contributed by atoms with Crippen LogP contribution in [0.15, 0.2) is 6.20 Å². The first-order valence-electron chi connectivity index (χ1n) is 4.01. The summed E-state index contributed by atoms with van der Waals surface area (Å²) in [6.07, 6.45) is -7.58. The second kappa shape index (κ2) is 4.50. The van der Waals surface area contributed by atoms with Gasteiger partial charge >= 0.3 is 6.18 Å². The van der Waals surface area contributed by atoms with Crippen molar-refractivity contribution in [3.63, 3.8) is 0 Å². The van der Waals surface area contributed by atoms with E-state index in [1.165, 1.54) is 0 Å². The number of aromatic nitrogens is 1. The van der Waals surface area contributed by atoms with Crippen molar-refractivity contribution in [3.8, 4) is 0 Å². The third-order valence-electron chi connectivity index (χ3n) is 1.83. The zero-order valence-corrected chi connectivity index (χ0v) is 8.41. The van der Waals surface area contributed by atoms with Gasteiger partial charge in [-0.05, 0) is 0 Å². The Morgan fingerprint density at radius 3 is 2.31 bits per heavy atom. The van der Waals surface area contributed by atoms with Gasteiger partial charge in [-0.25, -0.2) is 8.78 Å². The number of pyridine rings is 1. The fraction of sp³-hybridized carbons (Fsp3) is 0.375. The van der Waals surface area contributed by atoms with Gasteiger partial charge < -0.3 is 5.73 Å². The minimum absolute atomic E-state index is 0.0510. The summed E-state index contributed by atoms with van der Waals surface area (Å²) < 4.78 is 62.0. The van der Waals surface area contributed by atoms with Crippen molar-refractivity contribution in [2.75, 3.05) is 0 Å². The molecule has 0 atom stereocenters. The number of nitrogens with two attached hydrogens (primary N) is 1. The highest BCUT2D eigenvalue weighted by molar-refractivity contribution is 6.32. The average Bonchev–Trinajstić information content (AvgIpc) is 2.15. The summed E-state index contributed by atoms with van der Waals surface area (Å²) in [7, 11) is 0. The standard InChI is InChI=1S/C8H6ClF5N2/c9-5-3(1-15)2-16-6(8(12,13)14)4(5)7(10)11/h2,7H,1,15H2. The monoisotopic (exact) mass is 260 g/mol. The molecule has 0 unspecified atom stereocenters. The Bertz CT molecular complexity index is 391. The molecule has 0 aliphatic rings. The molecule has 0 fully saturated rings. The average molecular weight is 261 g/mol. The van der Waals surface area contributed by atoms with Gasteiger partial charge in [0.2, 0.25) is 0 Å². The molecule has 0 saturated heterocycles. The third kappa shape index (κ3) is 2.41. The van der Waals surface area contributed by atoms with Crippen molar-refractivity contribution in [3.05, 3.63) is 28.0 Å². The smallest absolute Gasteiger partial charge is 0.326 e. The van der Waals surface area contributed by atoms with Crippen molar-refractivity contribution in [2.45, 2.75) is 19.1 Å². The zero-order chi connectivity index (χ0) is 12.5. The first kappa shape index (κ1) is 13.1. The highest BCUT2D eigenvalue weighted by Crippen LogP contribution is 2.39. The van der Waals surface area contributed by atoms with E-state index >= 15 is 0 Å². The predicted molar refractivity (Wildman–Crippen MR) is 47.1 cm³/mol. The van der Waals surface area contributed by atoms with E-state index in [4.69, 9.17) is 17.3 Å². The fourth-order valence-electron chi connectivity index (χ4n) is 1.11. The van der Waals surface area contributed by atoms with Crippen molar-refractivity contribution in [2.24, 2.45) is 5.73 Å². The Labute approximate surface area is 92.2 Å². The molecule has 16 heavy (non-hydrogen) atoms. The molecular weight excluding hydrogens is 255 g/mol. The summed E-state index contributed by atoms with van der Waals surface area (Å²) in [5, 5.41) is -0.681. The lowest BCUT2D eigenvalue weighted by molar-refractivity contribution is -0.143. The molecule has 1 aromatic rings. The number of hydrogen-bond acceptors (Lipinski definition) is 2. The van der Waals surface area contributed by atoms with E-state index in [1.807, 2.05) is 0 Å². The maximum absolute atomic E-state index is 12.5. The Balaban J connectivity index is 3.47. The Kier molecular flexibility index (Phi) is 3.69. The molecule has 1 aromatic heterocycles. The van der Waals surface area contributed by atoms with Gasteiger partial charge in [-0.1, -0.05) is 11.6 Å². The fourth-order valence-corrected chi connectivity index (χ4v) is 1.41. The molecule has 0 radical (unpaired) electrons. The summed E-state index contributed by atoms with van der Waals surface area (Å²) in [5.41, 5.74) is 2.08. The first-order chi connectivity index (χ1) is 7.29. The molecule has 0 amide bonds. The molecule has 0 saturated carbocycles. The lowest BCUT2D eigenvalue weighted by Crippen LogP contribution is -2.14. The Morgan fingerprint density at radius 2 is 1.94 bits per heavy atom. The topological polar surface area (TPSA) is 38.9 Å². The van der Waals surface area contributed by atoms with Gasteiger partial charge in [-0.15, -0.1) is 0 Å². The van der Waals surface area contributed by atoms with Gasteiger partial charge in [0.25, 0.3) is 6.43 Å². The lowest BCUT2D eigenvalue weighted by Gasteiger charge is -2.14. The summed E-state index contributed by atoms with van der Waals surface area (Å²) in [6, 6.07) is 0. The van der Waals surface area contributed by atoms with Crippen molar-refractivity contribution in [1.82, 2.24) is 4.98 Å². The van der Waals surface area contributed by atoms with Gasteiger partial charge in [0.15, 0.2) is 5.69 Å². The SMILES string of the molecule is NCc1cnc(C(F)(F)F)c(C(F)F)c1Cl. The van der Waals surface area contributed by atoms with Crippen LogP contribution in [-0.2, 0) is 12.7 Å². The number of nitrogens with zero attached hydrogens (tertiary/aromatic N) is 1. The second-order valence-corrected chi connectivity index (χ2v) is 3.24. The van der Waals surface area contributed by atoms with E-state index in [9.17, 15) is 22.0 Å². The number of halogens is 6. The minimum Gasteiger partial charge on any atom is -0.326 e. The second-order valence-electron chi connectivity index (χ2n) is 2.86. The Hall–Kier alpha value is -0.950. The van der Waals surface area contributed by atoms with Gasteiger partial charge in [-0.2, -0.15) is 13.2 Å². The van der Waals surface area contributed by atoms with Gasteiger partial charge in [-0.3, -0.25) is 4.98 Å². The van der Waals surface area contributed by atoms with E-state index in [0.717, 1.165) is 6.20 Å². The molecule has 2 nitrogen and oxygen atoms in total. The molecule has 1 rings (SSSR count). The minimum atomic E-state index is -4.97. The van der Waals surface area contributed by atoms with Crippen LogP contribution in [0.5, 0.6) is 0 Å². The van der Waals surface area contributed by atoms with E-state index in [0.29, 0.717) is 0 Å². The molecule has 0 aliphatic heterocycles. The van der Waals surface area contributed by atoms with Crippen LogP contribution in [0.25, 0.3) is 0 Å². The third-order valence-corrected chi connectivity index (χ3v) is 2.28. The molecule has 2 N–H and O–H groups in total. The summed E-state index contributed by atoms with van der Waals surface area (Å²) >= 11 is 5.42. The molecule has 0 spiro atoms. The van der Waals surface area contributed by atoms with Crippen LogP contribution in [0, 0.1) is 0 Å². The highest BCUT2D eigenvalue weighted by atomic mass is 35.5. The lowest BCUT2D eigenvalue weighted by atomic mass is 10.1. The van der Waals surface area contributed by atoms with Crippen LogP contribution in [0.1, 0.15) is 23.2 Å². The van der Waals surface area contributed by atoms with Crippen LogP contribution >= 0.6 is 11.6 Å². The number of alkyl halides is 5. The molecule has 0 bridgehead atoms. The summed E-state index contributed by atoms with van der Waals surface area (Å²) in [6.45, 7) is -0.260. The van der Waals surface area contributed by atoms with Crippen LogP contribution in [0.4, 0.5) is 22.0 Å². The van der Waals surface area contributed by atoms with Gasteiger partial charge in [0, 0.05) is 18.3 Å². The van der Waals surface area contributed by atoms with E-state index < -0.39 is 28.9 Å². The van der Waals surface area contributed by atoms with E-state index in [1.54, 1.807) is 0 Å².